The molecule has 0 saturated carbocycles. The molecule has 4 atom stereocenters. The highest BCUT2D eigenvalue weighted by Crippen LogP contribution is 2.21. The van der Waals surface area contributed by atoms with Crippen LogP contribution in [-0.2, 0) is 28.8 Å². The maximum absolute atomic E-state index is 12.8. The molecule has 0 spiro atoms. The number of nitrogens with zero attached hydrogens (tertiary/aromatic N) is 1. The molecular formula is C18H28N6O7. The first-order chi connectivity index (χ1) is 14.6. The van der Waals surface area contributed by atoms with Crippen molar-refractivity contribution in [2.75, 3.05) is 13.1 Å². The monoisotopic (exact) mass is 440 g/mol. The first-order valence-corrected chi connectivity index (χ1v) is 10.0. The zero-order valence-electron chi connectivity index (χ0n) is 17.0. The predicted octanol–water partition coefficient (Wildman–Crippen LogP) is -3.47. The molecule has 2 aliphatic rings. The summed E-state index contributed by atoms with van der Waals surface area (Å²) < 4.78 is 0. The highest BCUT2D eigenvalue weighted by atomic mass is 16.4. The largest absolute Gasteiger partial charge is 0.480 e. The lowest BCUT2D eigenvalue weighted by Gasteiger charge is -2.28. The molecule has 2 heterocycles. The summed E-state index contributed by atoms with van der Waals surface area (Å²) in [4.78, 5) is 73.1. The van der Waals surface area contributed by atoms with Crippen molar-refractivity contribution in [3.8, 4) is 0 Å². The smallest absolute Gasteiger partial charge is 0.326 e. The van der Waals surface area contributed by atoms with E-state index >= 15 is 0 Å². The Hall–Kier alpha value is -3.22. The topological polar surface area (TPSA) is 214 Å². The van der Waals surface area contributed by atoms with Crippen molar-refractivity contribution in [3.63, 3.8) is 0 Å². The lowest BCUT2D eigenvalue weighted by Crippen LogP contribution is -2.57. The van der Waals surface area contributed by atoms with Crippen LogP contribution < -0.4 is 27.4 Å². The standard InChI is InChI=1S/C18H28N6O7/c19-13(25)7-10(15(27)23-11(18(30)31)8-14(20)26)22-16(28)12-4-2-6-24(12)17(29)9-3-1-5-21-9/h9-12,21H,1-8H2,(H2,19,25)(H2,20,26)(H,22,28)(H,23,27)(H,30,31). The summed E-state index contributed by atoms with van der Waals surface area (Å²) in [5.74, 6) is -5.21. The number of rotatable bonds is 10. The van der Waals surface area contributed by atoms with Crippen molar-refractivity contribution in [2.45, 2.75) is 62.7 Å². The highest BCUT2D eigenvalue weighted by Gasteiger charge is 2.39. The second kappa shape index (κ2) is 10.7. The molecule has 2 saturated heterocycles. The average molecular weight is 440 g/mol. The van der Waals surface area contributed by atoms with Crippen LogP contribution in [0, 0.1) is 0 Å². The third-order valence-corrected chi connectivity index (χ3v) is 5.26. The Morgan fingerprint density at radius 3 is 2.16 bits per heavy atom. The Balaban J connectivity index is 2.07. The van der Waals surface area contributed by atoms with Crippen LogP contribution in [0.4, 0.5) is 0 Å². The van der Waals surface area contributed by atoms with Gasteiger partial charge in [0.1, 0.15) is 18.1 Å². The lowest BCUT2D eigenvalue weighted by molar-refractivity contribution is -0.144. The molecule has 0 aliphatic carbocycles. The number of carboxylic acid groups (broad SMARTS) is 1. The van der Waals surface area contributed by atoms with Crippen LogP contribution in [0.3, 0.4) is 0 Å². The Morgan fingerprint density at radius 2 is 1.61 bits per heavy atom. The Kier molecular flexibility index (Phi) is 8.30. The molecule has 172 valence electrons. The van der Waals surface area contributed by atoms with Crippen molar-refractivity contribution >= 4 is 35.5 Å². The third-order valence-electron chi connectivity index (χ3n) is 5.26. The van der Waals surface area contributed by atoms with E-state index in [1.54, 1.807) is 0 Å². The number of likely N-dealkylation sites (tertiary alicyclic amines) is 1. The molecule has 5 amide bonds. The van der Waals surface area contributed by atoms with Gasteiger partial charge in [0, 0.05) is 6.54 Å². The molecule has 13 nitrogen and oxygen atoms in total. The Labute approximate surface area is 178 Å². The minimum Gasteiger partial charge on any atom is -0.480 e. The number of nitrogens with two attached hydrogens (primary N) is 2. The van der Waals surface area contributed by atoms with Gasteiger partial charge in [-0.05, 0) is 32.2 Å². The van der Waals surface area contributed by atoms with Gasteiger partial charge in [-0.25, -0.2) is 4.79 Å². The molecule has 2 fully saturated rings. The van der Waals surface area contributed by atoms with Gasteiger partial charge in [0.25, 0.3) is 0 Å². The number of amides is 5. The van der Waals surface area contributed by atoms with Gasteiger partial charge in [-0.1, -0.05) is 0 Å². The second-order valence-electron chi connectivity index (χ2n) is 7.64. The van der Waals surface area contributed by atoms with E-state index in [1.807, 2.05) is 0 Å². The van der Waals surface area contributed by atoms with E-state index in [0.29, 0.717) is 25.8 Å². The zero-order chi connectivity index (χ0) is 23.1. The van der Waals surface area contributed by atoms with Gasteiger partial charge in [-0.2, -0.15) is 0 Å². The fourth-order valence-electron chi connectivity index (χ4n) is 3.75. The molecule has 0 bridgehead atoms. The van der Waals surface area contributed by atoms with Crippen LogP contribution in [0.2, 0.25) is 0 Å². The molecule has 0 aromatic heterocycles. The van der Waals surface area contributed by atoms with Crippen LogP contribution in [0.1, 0.15) is 38.5 Å². The van der Waals surface area contributed by atoms with Gasteiger partial charge in [0.2, 0.25) is 29.5 Å². The summed E-state index contributed by atoms with van der Waals surface area (Å²) in [5, 5.41) is 16.7. The van der Waals surface area contributed by atoms with E-state index in [-0.39, 0.29) is 11.9 Å². The second-order valence-corrected chi connectivity index (χ2v) is 7.64. The summed E-state index contributed by atoms with van der Waals surface area (Å²) >= 11 is 0. The van der Waals surface area contributed by atoms with E-state index in [4.69, 9.17) is 16.6 Å². The highest BCUT2D eigenvalue weighted by molar-refractivity contribution is 5.97. The number of primary amides is 2. The van der Waals surface area contributed by atoms with Gasteiger partial charge in [0.15, 0.2) is 0 Å². The van der Waals surface area contributed by atoms with E-state index in [1.165, 1.54) is 4.90 Å². The van der Waals surface area contributed by atoms with E-state index in [2.05, 4.69) is 16.0 Å². The van der Waals surface area contributed by atoms with Crippen LogP contribution in [0.15, 0.2) is 0 Å². The van der Waals surface area contributed by atoms with Crippen molar-refractivity contribution in [1.29, 1.82) is 0 Å². The van der Waals surface area contributed by atoms with Crippen LogP contribution in [-0.4, -0.2) is 82.8 Å². The fraction of sp³-hybridized carbons (Fsp3) is 0.667. The molecule has 2 aliphatic heterocycles. The third kappa shape index (κ3) is 6.64. The number of carboxylic acids is 1. The maximum Gasteiger partial charge on any atom is 0.326 e. The number of carbonyl (C=O) groups is 6. The van der Waals surface area contributed by atoms with Gasteiger partial charge in [0.05, 0.1) is 18.9 Å². The SMILES string of the molecule is NC(=O)CC(NC(=O)C(CC(N)=O)NC(=O)C1CCCN1C(=O)C1CCCN1)C(=O)O. The normalized spacial score (nSPS) is 22.4. The minimum absolute atomic E-state index is 0.196. The van der Waals surface area contributed by atoms with Gasteiger partial charge >= 0.3 is 5.97 Å². The summed E-state index contributed by atoms with van der Waals surface area (Å²) in [6.07, 6.45) is 1.26. The number of hydrogen-bond donors (Lipinski definition) is 6. The first kappa shape index (κ1) is 24.1. The summed E-state index contributed by atoms with van der Waals surface area (Å²) in [5.41, 5.74) is 10.1. The molecule has 13 heteroatoms. The molecule has 2 rings (SSSR count). The molecule has 31 heavy (non-hydrogen) atoms. The van der Waals surface area contributed by atoms with Crippen LogP contribution in [0.25, 0.3) is 0 Å². The molecule has 0 radical (unpaired) electrons. The number of aliphatic carboxylic acids is 1. The van der Waals surface area contributed by atoms with Crippen LogP contribution in [0.5, 0.6) is 0 Å². The summed E-state index contributed by atoms with van der Waals surface area (Å²) in [7, 11) is 0. The molecular weight excluding hydrogens is 412 g/mol. The van der Waals surface area contributed by atoms with Crippen molar-refractivity contribution in [1.82, 2.24) is 20.9 Å². The van der Waals surface area contributed by atoms with Gasteiger partial charge in [-0.15, -0.1) is 0 Å². The molecule has 0 aromatic rings. The van der Waals surface area contributed by atoms with Crippen molar-refractivity contribution < 1.29 is 33.9 Å². The van der Waals surface area contributed by atoms with Gasteiger partial charge in [-0.3, -0.25) is 24.0 Å². The molecule has 4 unspecified atom stereocenters. The summed E-state index contributed by atoms with van der Waals surface area (Å²) in [6, 6.07) is -4.28. The Morgan fingerprint density at radius 1 is 0.968 bits per heavy atom. The quantitative estimate of drug-likeness (QED) is 0.200. The van der Waals surface area contributed by atoms with E-state index < -0.39 is 60.6 Å². The number of carbonyl (C=O) groups excluding carboxylic acids is 5. The number of hydrogen-bond acceptors (Lipinski definition) is 7. The molecule has 0 aromatic carbocycles. The lowest BCUT2D eigenvalue weighted by atomic mass is 10.1. The van der Waals surface area contributed by atoms with E-state index in [0.717, 1.165) is 13.0 Å². The predicted molar refractivity (Wildman–Crippen MR) is 105 cm³/mol. The van der Waals surface area contributed by atoms with Crippen LogP contribution >= 0.6 is 0 Å². The van der Waals surface area contributed by atoms with Gasteiger partial charge < -0.3 is 37.4 Å². The summed E-state index contributed by atoms with van der Waals surface area (Å²) in [6.45, 7) is 1.11. The minimum atomic E-state index is -1.63. The van der Waals surface area contributed by atoms with Crippen molar-refractivity contribution in [2.24, 2.45) is 11.5 Å². The maximum atomic E-state index is 12.8. The number of nitrogens with one attached hydrogen (secondary N) is 3. The Bertz CT molecular complexity index is 752. The first-order valence-electron chi connectivity index (χ1n) is 10.0. The van der Waals surface area contributed by atoms with Crippen molar-refractivity contribution in [3.05, 3.63) is 0 Å². The van der Waals surface area contributed by atoms with E-state index in [9.17, 15) is 28.8 Å². The fourth-order valence-corrected chi connectivity index (χ4v) is 3.75. The average Bonchev–Trinajstić information content (AvgIpc) is 3.37. The molecule has 8 N–H and O–H groups in total. The zero-order valence-corrected chi connectivity index (χ0v) is 17.0.